The van der Waals surface area contributed by atoms with E-state index >= 15 is 0 Å². The van der Waals surface area contributed by atoms with E-state index in [1.165, 1.54) is 12.1 Å². The molecule has 6 rings (SSSR count). The second-order valence-electron chi connectivity index (χ2n) is 11.3. The van der Waals surface area contributed by atoms with Gasteiger partial charge in [0.2, 0.25) is 0 Å². The zero-order valence-corrected chi connectivity index (χ0v) is 25.4. The van der Waals surface area contributed by atoms with E-state index in [4.69, 9.17) is 26.2 Å². The summed E-state index contributed by atoms with van der Waals surface area (Å²) in [4.78, 5) is 13.0. The van der Waals surface area contributed by atoms with Crippen LogP contribution in [0.3, 0.4) is 0 Å². The first-order valence-electron chi connectivity index (χ1n) is 14.8. The fraction of sp³-hybridized carbons (Fsp3) is 0.353. The molecule has 1 atom stereocenters. The molecule has 1 aliphatic rings. The minimum atomic E-state index is -0.967. The molecule has 2 aromatic heterocycles. The highest BCUT2D eigenvalue weighted by atomic mass is 35.5. The number of fused-ring (bicyclic) bond motifs is 3. The van der Waals surface area contributed by atoms with Gasteiger partial charge in [-0.15, -0.1) is 0 Å². The van der Waals surface area contributed by atoms with Crippen molar-refractivity contribution < 1.29 is 23.8 Å². The van der Waals surface area contributed by atoms with Crippen molar-refractivity contribution in [3.8, 4) is 16.9 Å². The molecule has 0 bridgehead atoms. The molecular formula is C34H35ClFN3O4. The van der Waals surface area contributed by atoms with Gasteiger partial charge in [-0.2, -0.15) is 5.10 Å². The van der Waals surface area contributed by atoms with Crippen LogP contribution in [0.5, 0.6) is 5.75 Å². The van der Waals surface area contributed by atoms with E-state index in [-0.39, 0.29) is 17.4 Å². The van der Waals surface area contributed by atoms with E-state index < -0.39 is 5.97 Å². The second kappa shape index (κ2) is 12.0. The Kier molecular flexibility index (Phi) is 8.16. The summed E-state index contributed by atoms with van der Waals surface area (Å²) in [5.41, 5.74) is 5.45. The molecule has 3 aromatic carbocycles. The fourth-order valence-corrected chi connectivity index (χ4v) is 6.71. The lowest BCUT2D eigenvalue weighted by Crippen LogP contribution is -2.16. The molecule has 1 unspecified atom stereocenters. The van der Waals surface area contributed by atoms with Gasteiger partial charge < -0.3 is 19.1 Å². The van der Waals surface area contributed by atoms with Gasteiger partial charge in [0.15, 0.2) is 0 Å². The molecule has 0 saturated carbocycles. The van der Waals surface area contributed by atoms with E-state index in [2.05, 4.69) is 13.8 Å². The summed E-state index contributed by atoms with van der Waals surface area (Å²) in [6.07, 6.45) is 2.62. The maximum atomic E-state index is 13.7. The Bertz CT molecular complexity index is 1840. The molecule has 0 fully saturated rings. The van der Waals surface area contributed by atoms with Crippen LogP contribution >= 0.6 is 11.6 Å². The molecule has 7 nitrogen and oxygen atoms in total. The van der Waals surface area contributed by atoms with Crippen LogP contribution in [0, 0.1) is 11.7 Å². The first-order chi connectivity index (χ1) is 20.8. The van der Waals surface area contributed by atoms with Crippen molar-refractivity contribution in [2.45, 2.75) is 52.7 Å². The molecular weight excluding hydrogens is 569 g/mol. The van der Waals surface area contributed by atoms with Crippen LogP contribution in [0.2, 0.25) is 5.02 Å². The standard InChI is InChI=1S/C34H35ClFN3O4/c1-4-28-31-27(37-38(28)3)19-42-16-14-20(2)18-39-32-25(12-13-26(35)30(31)32)24(33(39)34(40)41)8-6-15-43-29-9-5-7-21-17-22(36)10-11-23(21)29/h5,7,9-13,17,20H,4,6,8,14-16,18-19H2,1-3H3,(H,40,41). The summed E-state index contributed by atoms with van der Waals surface area (Å²) >= 11 is 6.98. The molecule has 0 radical (unpaired) electrons. The van der Waals surface area contributed by atoms with Crippen LogP contribution in [-0.4, -0.2) is 38.6 Å². The molecule has 1 aliphatic heterocycles. The zero-order chi connectivity index (χ0) is 30.2. The Hall–Kier alpha value is -3.88. The number of hydrogen-bond donors (Lipinski definition) is 1. The highest BCUT2D eigenvalue weighted by molar-refractivity contribution is 6.35. The quantitative estimate of drug-likeness (QED) is 0.192. The Balaban J connectivity index is 1.44. The number of halogens is 2. The third-order valence-corrected chi connectivity index (χ3v) is 8.74. The van der Waals surface area contributed by atoms with Gasteiger partial charge in [-0.1, -0.05) is 43.6 Å². The summed E-state index contributed by atoms with van der Waals surface area (Å²) < 4.78 is 29.8. The van der Waals surface area contributed by atoms with Crippen molar-refractivity contribution in [3.63, 3.8) is 0 Å². The van der Waals surface area contributed by atoms with Crippen LogP contribution in [-0.2, 0) is 37.8 Å². The predicted octanol–water partition coefficient (Wildman–Crippen LogP) is 7.82. The molecule has 3 heterocycles. The Labute approximate surface area is 254 Å². The largest absolute Gasteiger partial charge is 0.493 e. The number of carboxylic acid groups (broad SMARTS) is 1. The molecule has 0 spiro atoms. The second-order valence-corrected chi connectivity index (χ2v) is 11.7. The molecule has 0 saturated heterocycles. The number of aromatic carboxylic acids is 1. The number of ether oxygens (including phenoxy) is 2. The molecule has 0 amide bonds. The van der Waals surface area contributed by atoms with Crippen LogP contribution in [0.4, 0.5) is 4.39 Å². The van der Waals surface area contributed by atoms with Gasteiger partial charge in [0, 0.05) is 47.8 Å². The molecule has 0 aliphatic carbocycles. The topological polar surface area (TPSA) is 78.5 Å². The summed E-state index contributed by atoms with van der Waals surface area (Å²) in [5, 5.41) is 18.4. The van der Waals surface area contributed by atoms with Gasteiger partial charge in [-0.3, -0.25) is 4.68 Å². The third kappa shape index (κ3) is 5.38. The lowest BCUT2D eigenvalue weighted by Gasteiger charge is -2.17. The third-order valence-electron chi connectivity index (χ3n) is 8.42. The van der Waals surface area contributed by atoms with Gasteiger partial charge in [0.25, 0.3) is 0 Å². The van der Waals surface area contributed by atoms with Crippen molar-refractivity contribution >= 4 is 39.2 Å². The molecule has 5 aromatic rings. The number of aromatic nitrogens is 3. The Morgan fingerprint density at radius 3 is 2.79 bits per heavy atom. The number of carboxylic acids is 1. The van der Waals surface area contributed by atoms with E-state index in [1.807, 2.05) is 46.6 Å². The van der Waals surface area contributed by atoms with Crippen LogP contribution in [0.1, 0.15) is 54.1 Å². The van der Waals surface area contributed by atoms with Gasteiger partial charge in [-0.25, -0.2) is 9.18 Å². The average Bonchev–Trinajstić information content (AvgIpc) is 3.45. The Morgan fingerprint density at radius 2 is 2.00 bits per heavy atom. The van der Waals surface area contributed by atoms with E-state index in [0.717, 1.165) is 62.6 Å². The van der Waals surface area contributed by atoms with Crippen molar-refractivity contribution in [1.82, 2.24) is 14.3 Å². The van der Waals surface area contributed by atoms with Crippen molar-refractivity contribution in [3.05, 3.63) is 82.0 Å². The number of carbonyl (C=O) groups is 1. The highest BCUT2D eigenvalue weighted by Crippen LogP contribution is 2.43. The summed E-state index contributed by atoms with van der Waals surface area (Å²) in [7, 11) is 1.92. The van der Waals surface area contributed by atoms with Crippen LogP contribution in [0.25, 0.3) is 32.8 Å². The highest BCUT2D eigenvalue weighted by Gasteiger charge is 2.30. The van der Waals surface area contributed by atoms with Crippen LogP contribution in [0.15, 0.2) is 48.5 Å². The maximum Gasteiger partial charge on any atom is 0.352 e. The van der Waals surface area contributed by atoms with Crippen molar-refractivity contribution in [1.29, 1.82) is 0 Å². The average molecular weight is 604 g/mol. The lowest BCUT2D eigenvalue weighted by atomic mass is 9.97. The minimum absolute atomic E-state index is 0.176. The van der Waals surface area contributed by atoms with Gasteiger partial charge in [0.05, 0.1) is 29.4 Å². The number of rotatable bonds is 7. The number of aryl methyl sites for hydroxylation is 2. The monoisotopic (exact) mass is 603 g/mol. The van der Waals surface area contributed by atoms with Crippen LogP contribution < -0.4 is 4.74 Å². The molecule has 9 heteroatoms. The number of nitrogens with zero attached hydrogens (tertiary/aromatic N) is 3. The predicted molar refractivity (Wildman–Crippen MR) is 167 cm³/mol. The zero-order valence-electron chi connectivity index (χ0n) is 24.6. The Morgan fingerprint density at radius 1 is 1.19 bits per heavy atom. The van der Waals surface area contributed by atoms with Gasteiger partial charge in [0.1, 0.15) is 17.3 Å². The lowest BCUT2D eigenvalue weighted by molar-refractivity contribution is 0.0682. The molecule has 1 N–H and O–H groups in total. The SMILES string of the molecule is CCc1c2c(nn1C)COCCC(C)Cn1c(C(=O)O)c(CCCOc3cccc4cc(F)ccc34)c3ccc(Cl)c-2c31. The van der Waals surface area contributed by atoms with Gasteiger partial charge >= 0.3 is 5.97 Å². The normalized spacial score (nSPS) is 15.4. The van der Waals surface area contributed by atoms with Crippen molar-refractivity contribution in [2.75, 3.05) is 13.2 Å². The smallest absolute Gasteiger partial charge is 0.352 e. The number of hydrogen-bond acceptors (Lipinski definition) is 4. The summed E-state index contributed by atoms with van der Waals surface area (Å²) in [6.45, 7) is 6.02. The summed E-state index contributed by atoms with van der Waals surface area (Å²) in [5.74, 6) is -0.408. The van der Waals surface area contributed by atoms with E-state index in [0.29, 0.717) is 50.0 Å². The first-order valence-corrected chi connectivity index (χ1v) is 15.2. The molecule has 43 heavy (non-hydrogen) atoms. The van der Waals surface area contributed by atoms with E-state index in [1.54, 1.807) is 6.07 Å². The molecule has 224 valence electrons. The summed E-state index contributed by atoms with van der Waals surface area (Å²) in [6, 6.07) is 14.0. The maximum absolute atomic E-state index is 13.7. The number of benzene rings is 3. The first kappa shape index (κ1) is 29.2. The van der Waals surface area contributed by atoms with Crippen molar-refractivity contribution in [2.24, 2.45) is 13.0 Å². The minimum Gasteiger partial charge on any atom is -0.493 e. The van der Waals surface area contributed by atoms with E-state index in [9.17, 15) is 14.3 Å². The fourth-order valence-electron chi connectivity index (χ4n) is 6.46. The van der Waals surface area contributed by atoms with Gasteiger partial charge in [-0.05, 0) is 72.9 Å².